The number of hydrogen-bond donors (Lipinski definition) is 1. The molecule has 2 bridgehead atoms. The van der Waals surface area contributed by atoms with E-state index < -0.39 is 0 Å². The lowest BCUT2D eigenvalue weighted by molar-refractivity contribution is 0.183. The molecule has 1 nitrogen and oxygen atoms in total. The molecule has 0 aliphatic heterocycles. The van der Waals surface area contributed by atoms with Crippen molar-refractivity contribution in [1.82, 2.24) is 0 Å². The molecule has 0 heterocycles. The first-order valence-corrected chi connectivity index (χ1v) is 5.93. The highest BCUT2D eigenvalue weighted by molar-refractivity contribution is 7.93. The van der Waals surface area contributed by atoms with E-state index in [1.807, 2.05) is 0 Å². The Kier molecular flexibility index (Phi) is 2.04. The lowest BCUT2D eigenvalue weighted by atomic mass is 9.69. The van der Waals surface area contributed by atoms with Crippen LogP contribution in [0, 0.1) is 16.7 Å². The number of allylic oxidation sites excluding steroid dienone is 1. The molecule has 2 aliphatic carbocycles. The van der Waals surface area contributed by atoms with Crippen LogP contribution in [0.5, 0.6) is 0 Å². The fourth-order valence-corrected chi connectivity index (χ4v) is 4.39. The lowest BCUT2D eigenvalue weighted by Gasteiger charge is -2.38. The van der Waals surface area contributed by atoms with Gasteiger partial charge in [-0.25, -0.2) is 0 Å². The van der Waals surface area contributed by atoms with Crippen molar-refractivity contribution < 1.29 is 4.55 Å². The minimum atomic E-state index is 0.233. The molecule has 1 N–H and O–H groups in total. The average molecular weight is 198 g/mol. The smallest absolute Gasteiger partial charge is 0.0294 e. The molecular formula is C11H18OS. The van der Waals surface area contributed by atoms with Crippen LogP contribution in [0.25, 0.3) is 0 Å². The summed E-state index contributed by atoms with van der Waals surface area (Å²) in [4.78, 5) is 0. The van der Waals surface area contributed by atoms with Gasteiger partial charge in [0, 0.05) is 11.2 Å². The van der Waals surface area contributed by atoms with Gasteiger partial charge in [-0.15, -0.1) is 0 Å². The highest BCUT2D eigenvalue weighted by atomic mass is 32.2. The Bertz CT molecular complexity index is 246. The zero-order chi connectivity index (χ0) is 9.69. The molecule has 2 saturated carbocycles. The molecule has 0 aromatic rings. The average Bonchev–Trinajstić information content (AvgIpc) is 2.38. The Hall–Kier alpha value is 0.0500. The van der Waals surface area contributed by atoms with E-state index >= 15 is 0 Å². The summed E-state index contributed by atoms with van der Waals surface area (Å²) in [5.74, 6) is 1.65. The molecule has 0 saturated heterocycles. The fourth-order valence-electron chi connectivity index (χ4n) is 3.45. The van der Waals surface area contributed by atoms with E-state index in [-0.39, 0.29) is 5.41 Å². The monoisotopic (exact) mass is 198 g/mol. The van der Waals surface area contributed by atoms with Crippen LogP contribution in [0.4, 0.5) is 0 Å². The van der Waals surface area contributed by atoms with Crippen LogP contribution in [0.15, 0.2) is 12.2 Å². The van der Waals surface area contributed by atoms with Crippen LogP contribution < -0.4 is 0 Å². The van der Waals surface area contributed by atoms with E-state index in [9.17, 15) is 0 Å². The quantitative estimate of drug-likeness (QED) is 0.540. The lowest BCUT2D eigenvalue weighted by Crippen LogP contribution is -2.33. The first kappa shape index (κ1) is 9.60. The number of hydrogen-bond acceptors (Lipinski definition) is 2. The van der Waals surface area contributed by atoms with Crippen LogP contribution in [-0.2, 0) is 0 Å². The predicted octanol–water partition coefficient (Wildman–Crippen LogP) is 3.58. The van der Waals surface area contributed by atoms with Crippen LogP contribution in [0.2, 0.25) is 0 Å². The van der Waals surface area contributed by atoms with Crippen LogP contribution >= 0.6 is 12.0 Å². The summed E-state index contributed by atoms with van der Waals surface area (Å²) >= 11 is 0.994. The van der Waals surface area contributed by atoms with Crippen molar-refractivity contribution in [2.75, 3.05) is 5.75 Å². The highest BCUT2D eigenvalue weighted by Gasteiger charge is 2.60. The largest absolute Gasteiger partial charge is 0.330 e. The molecule has 2 heteroatoms. The minimum absolute atomic E-state index is 0.233. The predicted molar refractivity (Wildman–Crippen MR) is 57.8 cm³/mol. The van der Waals surface area contributed by atoms with Gasteiger partial charge in [0.05, 0.1) is 0 Å². The zero-order valence-electron chi connectivity index (χ0n) is 8.47. The summed E-state index contributed by atoms with van der Waals surface area (Å²) in [5, 5.41) is 0. The van der Waals surface area contributed by atoms with Gasteiger partial charge in [0.25, 0.3) is 0 Å². The molecule has 2 atom stereocenters. The maximum atomic E-state index is 9.07. The van der Waals surface area contributed by atoms with Crippen molar-refractivity contribution in [2.45, 2.75) is 33.1 Å². The van der Waals surface area contributed by atoms with Gasteiger partial charge in [-0.05, 0) is 42.6 Å². The van der Waals surface area contributed by atoms with Gasteiger partial charge in [0.15, 0.2) is 0 Å². The topological polar surface area (TPSA) is 20.2 Å². The molecule has 0 spiro atoms. The van der Waals surface area contributed by atoms with Gasteiger partial charge < -0.3 is 4.55 Å². The second-order valence-corrected chi connectivity index (χ2v) is 5.67. The van der Waals surface area contributed by atoms with Crippen molar-refractivity contribution >= 4 is 12.0 Å². The molecule has 74 valence electrons. The first-order valence-electron chi connectivity index (χ1n) is 4.99. The first-order chi connectivity index (χ1) is 6.04. The van der Waals surface area contributed by atoms with Gasteiger partial charge in [-0.3, -0.25) is 0 Å². The number of fused-ring (bicyclic) bond motifs is 2. The van der Waals surface area contributed by atoms with Crippen molar-refractivity contribution in [3.05, 3.63) is 12.2 Å². The summed E-state index contributed by atoms with van der Waals surface area (Å²) in [6.07, 6.45) is 3.75. The SMILES string of the molecule is C=C1CC2CCC1(CSO)C2(C)C. The third kappa shape index (κ3) is 0.991. The molecule has 13 heavy (non-hydrogen) atoms. The summed E-state index contributed by atoms with van der Waals surface area (Å²) in [5.41, 5.74) is 1.98. The summed E-state index contributed by atoms with van der Waals surface area (Å²) in [6.45, 7) is 8.89. The molecule has 2 fully saturated rings. The Labute approximate surface area is 84.8 Å². The Morgan fingerprint density at radius 1 is 1.62 bits per heavy atom. The van der Waals surface area contributed by atoms with Crippen molar-refractivity contribution in [3.63, 3.8) is 0 Å². The maximum absolute atomic E-state index is 9.07. The standard InChI is InChI=1S/C11H18OS/c1-8-6-9-4-5-11(8,7-13-12)10(9,2)3/h9,12H,1,4-7H2,2-3H3. The van der Waals surface area contributed by atoms with Crippen LogP contribution in [-0.4, -0.2) is 10.3 Å². The van der Waals surface area contributed by atoms with Crippen LogP contribution in [0.1, 0.15) is 33.1 Å². The molecule has 2 aliphatic rings. The maximum Gasteiger partial charge on any atom is 0.0294 e. The fraction of sp³-hybridized carbons (Fsp3) is 0.818. The second kappa shape index (κ2) is 2.77. The van der Waals surface area contributed by atoms with E-state index in [1.54, 1.807) is 0 Å². The molecule has 2 unspecified atom stereocenters. The Morgan fingerprint density at radius 2 is 2.31 bits per heavy atom. The van der Waals surface area contributed by atoms with E-state index in [1.165, 1.54) is 24.8 Å². The van der Waals surface area contributed by atoms with E-state index in [4.69, 9.17) is 4.55 Å². The molecule has 0 radical (unpaired) electrons. The molecule has 2 rings (SSSR count). The third-order valence-corrected chi connectivity index (χ3v) is 5.28. The zero-order valence-corrected chi connectivity index (χ0v) is 9.28. The minimum Gasteiger partial charge on any atom is -0.330 e. The van der Waals surface area contributed by atoms with Crippen molar-refractivity contribution in [3.8, 4) is 0 Å². The second-order valence-electron chi connectivity index (χ2n) is 5.12. The molecule has 0 aromatic heterocycles. The van der Waals surface area contributed by atoms with Crippen LogP contribution in [0.3, 0.4) is 0 Å². The summed E-state index contributed by atoms with van der Waals surface area (Å²) < 4.78 is 9.07. The van der Waals surface area contributed by atoms with E-state index in [2.05, 4.69) is 20.4 Å². The van der Waals surface area contributed by atoms with E-state index in [0.29, 0.717) is 5.41 Å². The summed E-state index contributed by atoms with van der Waals surface area (Å²) in [7, 11) is 0. The van der Waals surface area contributed by atoms with Gasteiger partial charge in [0.2, 0.25) is 0 Å². The van der Waals surface area contributed by atoms with Crippen molar-refractivity contribution in [1.29, 1.82) is 0 Å². The van der Waals surface area contributed by atoms with Gasteiger partial charge >= 0.3 is 0 Å². The summed E-state index contributed by atoms with van der Waals surface area (Å²) in [6, 6.07) is 0. The Morgan fingerprint density at radius 3 is 2.69 bits per heavy atom. The van der Waals surface area contributed by atoms with Crippen molar-refractivity contribution in [2.24, 2.45) is 16.7 Å². The highest BCUT2D eigenvalue weighted by Crippen LogP contribution is 2.68. The normalized spacial score (nSPS) is 41.5. The molecule has 0 aromatic carbocycles. The van der Waals surface area contributed by atoms with Gasteiger partial charge in [-0.1, -0.05) is 26.0 Å². The molecule has 0 amide bonds. The third-order valence-electron chi connectivity index (χ3n) is 4.65. The Balaban J connectivity index is 2.37. The number of rotatable bonds is 2. The van der Waals surface area contributed by atoms with Gasteiger partial charge in [0.1, 0.15) is 0 Å². The van der Waals surface area contributed by atoms with E-state index in [0.717, 1.165) is 23.7 Å². The molecular weight excluding hydrogens is 180 g/mol. The van der Waals surface area contributed by atoms with Gasteiger partial charge in [-0.2, -0.15) is 0 Å².